The van der Waals surface area contributed by atoms with Crippen molar-refractivity contribution < 1.29 is 14.3 Å². The van der Waals surface area contributed by atoms with Crippen molar-refractivity contribution in [2.45, 2.75) is 6.04 Å². The highest BCUT2D eigenvalue weighted by molar-refractivity contribution is 6.33. The molecule has 0 radical (unpaired) electrons. The molecular weight excluding hydrogens is 304 g/mol. The van der Waals surface area contributed by atoms with E-state index >= 15 is 0 Å². The Morgan fingerprint density at radius 2 is 1.90 bits per heavy atom. The molecule has 1 unspecified atom stereocenters. The molecule has 0 aliphatic rings. The highest BCUT2D eigenvalue weighted by atomic mass is 35.5. The highest BCUT2D eigenvalue weighted by Gasteiger charge is 2.23. The molecular formula is C14H10Cl2FNO2. The van der Waals surface area contributed by atoms with Crippen LogP contribution in [0.2, 0.25) is 10.0 Å². The number of aliphatic carboxylic acids is 1. The largest absolute Gasteiger partial charge is 0.479 e. The number of carbonyl (C=O) groups is 1. The lowest BCUT2D eigenvalue weighted by atomic mass is 10.1. The molecule has 20 heavy (non-hydrogen) atoms. The number of nitrogens with one attached hydrogen (secondary N) is 1. The van der Waals surface area contributed by atoms with Crippen LogP contribution < -0.4 is 5.32 Å². The fourth-order valence-corrected chi connectivity index (χ4v) is 2.15. The van der Waals surface area contributed by atoms with Crippen LogP contribution in [-0.2, 0) is 4.79 Å². The molecule has 2 aromatic rings. The molecule has 2 rings (SSSR count). The topological polar surface area (TPSA) is 49.3 Å². The second kappa shape index (κ2) is 6.11. The van der Waals surface area contributed by atoms with Gasteiger partial charge in [-0.3, -0.25) is 0 Å². The van der Waals surface area contributed by atoms with Crippen LogP contribution in [0.25, 0.3) is 0 Å². The van der Waals surface area contributed by atoms with Gasteiger partial charge in [-0.25, -0.2) is 9.18 Å². The molecule has 0 saturated carbocycles. The van der Waals surface area contributed by atoms with E-state index in [4.69, 9.17) is 23.2 Å². The Bertz CT molecular complexity index is 649. The molecule has 1 atom stereocenters. The van der Waals surface area contributed by atoms with Crippen molar-refractivity contribution in [1.29, 1.82) is 0 Å². The molecule has 0 aliphatic heterocycles. The zero-order valence-electron chi connectivity index (χ0n) is 10.1. The van der Waals surface area contributed by atoms with Crippen molar-refractivity contribution in [2.75, 3.05) is 5.32 Å². The molecule has 0 spiro atoms. The van der Waals surface area contributed by atoms with Crippen LogP contribution in [0, 0.1) is 5.82 Å². The summed E-state index contributed by atoms with van der Waals surface area (Å²) in [5, 5.41) is 12.5. The minimum atomic E-state index is -1.20. The van der Waals surface area contributed by atoms with E-state index in [0.29, 0.717) is 5.02 Å². The number of carboxylic acids is 1. The van der Waals surface area contributed by atoms with Gasteiger partial charge in [0.05, 0.1) is 5.69 Å². The average Bonchev–Trinajstić information content (AvgIpc) is 2.40. The van der Waals surface area contributed by atoms with E-state index in [2.05, 4.69) is 5.32 Å². The van der Waals surface area contributed by atoms with Crippen molar-refractivity contribution in [2.24, 2.45) is 0 Å². The number of carboxylic acid groups (broad SMARTS) is 1. The summed E-state index contributed by atoms with van der Waals surface area (Å²) in [6.07, 6.45) is 0. The van der Waals surface area contributed by atoms with Gasteiger partial charge in [-0.05, 0) is 30.3 Å². The standard InChI is InChI=1S/C14H10Cl2FNO2/c15-8-5-6-10(16)9(7-8)13(14(19)20)18-12-4-2-1-3-11(12)17/h1-7,13,18H,(H,19,20). The minimum Gasteiger partial charge on any atom is -0.479 e. The van der Waals surface area contributed by atoms with Gasteiger partial charge < -0.3 is 10.4 Å². The summed E-state index contributed by atoms with van der Waals surface area (Å²) >= 11 is 11.8. The van der Waals surface area contributed by atoms with E-state index < -0.39 is 17.8 Å². The second-order valence-electron chi connectivity index (χ2n) is 4.06. The predicted molar refractivity (Wildman–Crippen MR) is 76.9 cm³/mol. The molecule has 0 aromatic heterocycles. The SMILES string of the molecule is O=C(O)C(Nc1ccccc1F)c1cc(Cl)ccc1Cl. The van der Waals surface area contributed by atoms with E-state index in [1.807, 2.05) is 0 Å². The van der Waals surface area contributed by atoms with Crippen LogP contribution >= 0.6 is 23.2 Å². The Morgan fingerprint density at radius 1 is 1.20 bits per heavy atom. The number of para-hydroxylation sites is 1. The van der Waals surface area contributed by atoms with Crippen molar-refractivity contribution >= 4 is 34.9 Å². The lowest BCUT2D eigenvalue weighted by molar-refractivity contribution is -0.138. The van der Waals surface area contributed by atoms with Gasteiger partial charge >= 0.3 is 5.97 Å². The Kier molecular flexibility index (Phi) is 4.47. The summed E-state index contributed by atoms with van der Waals surface area (Å²) in [7, 11) is 0. The van der Waals surface area contributed by atoms with Gasteiger partial charge in [0.2, 0.25) is 0 Å². The normalized spacial score (nSPS) is 11.9. The van der Waals surface area contributed by atoms with E-state index in [9.17, 15) is 14.3 Å². The molecule has 3 nitrogen and oxygen atoms in total. The number of halogens is 3. The maximum atomic E-state index is 13.6. The third-order valence-electron chi connectivity index (χ3n) is 2.69. The maximum absolute atomic E-state index is 13.6. The zero-order valence-corrected chi connectivity index (χ0v) is 11.6. The van der Waals surface area contributed by atoms with Crippen LogP contribution in [0.5, 0.6) is 0 Å². The first-order valence-corrected chi connectivity index (χ1v) is 6.43. The van der Waals surface area contributed by atoms with Gasteiger partial charge in [-0.15, -0.1) is 0 Å². The third-order valence-corrected chi connectivity index (χ3v) is 3.27. The van der Waals surface area contributed by atoms with Crippen LogP contribution in [0.4, 0.5) is 10.1 Å². The maximum Gasteiger partial charge on any atom is 0.330 e. The summed E-state index contributed by atoms with van der Waals surface area (Å²) in [6, 6.07) is 9.10. The Morgan fingerprint density at radius 3 is 2.55 bits per heavy atom. The van der Waals surface area contributed by atoms with Crippen LogP contribution in [-0.4, -0.2) is 11.1 Å². The smallest absolute Gasteiger partial charge is 0.330 e. The third kappa shape index (κ3) is 3.21. The molecule has 0 heterocycles. The molecule has 6 heteroatoms. The molecule has 104 valence electrons. The molecule has 2 aromatic carbocycles. The number of hydrogen-bond acceptors (Lipinski definition) is 2. The van der Waals surface area contributed by atoms with Gasteiger partial charge in [0.1, 0.15) is 5.82 Å². The summed E-state index contributed by atoms with van der Waals surface area (Å²) in [4.78, 5) is 11.4. The van der Waals surface area contributed by atoms with Crippen LogP contribution in [0.15, 0.2) is 42.5 Å². The van der Waals surface area contributed by atoms with E-state index in [0.717, 1.165) is 0 Å². The zero-order chi connectivity index (χ0) is 14.7. The Hall–Kier alpha value is -1.78. The minimum absolute atomic E-state index is 0.0796. The van der Waals surface area contributed by atoms with E-state index in [1.165, 1.54) is 30.3 Å². The summed E-state index contributed by atoms with van der Waals surface area (Å²) in [5.41, 5.74) is 0.353. The molecule has 0 aliphatic carbocycles. The van der Waals surface area contributed by atoms with Gasteiger partial charge in [0.25, 0.3) is 0 Å². The quantitative estimate of drug-likeness (QED) is 0.881. The average molecular weight is 314 g/mol. The fraction of sp³-hybridized carbons (Fsp3) is 0.0714. The Balaban J connectivity index is 2.40. The highest BCUT2D eigenvalue weighted by Crippen LogP contribution is 2.29. The van der Waals surface area contributed by atoms with Crippen LogP contribution in [0.3, 0.4) is 0 Å². The summed E-state index contributed by atoms with van der Waals surface area (Å²) in [5.74, 6) is -1.73. The van der Waals surface area contributed by atoms with Crippen molar-refractivity contribution in [3.63, 3.8) is 0 Å². The number of rotatable bonds is 4. The van der Waals surface area contributed by atoms with Crippen LogP contribution in [0.1, 0.15) is 11.6 Å². The lowest BCUT2D eigenvalue weighted by Crippen LogP contribution is -2.21. The monoisotopic (exact) mass is 313 g/mol. The number of benzene rings is 2. The predicted octanol–water partition coefficient (Wildman–Crippen LogP) is 4.37. The summed E-state index contributed by atoms with van der Waals surface area (Å²) in [6.45, 7) is 0. The first-order chi connectivity index (χ1) is 9.49. The van der Waals surface area contributed by atoms with Crippen molar-refractivity contribution in [3.05, 3.63) is 63.9 Å². The number of hydrogen-bond donors (Lipinski definition) is 2. The van der Waals surface area contributed by atoms with E-state index in [1.54, 1.807) is 12.1 Å². The second-order valence-corrected chi connectivity index (χ2v) is 4.90. The summed E-state index contributed by atoms with van der Waals surface area (Å²) < 4.78 is 13.6. The molecule has 0 fully saturated rings. The molecule has 0 saturated heterocycles. The van der Waals surface area contributed by atoms with Gasteiger partial charge in [-0.1, -0.05) is 35.3 Å². The first kappa shape index (κ1) is 14.6. The fourth-order valence-electron chi connectivity index (χ4n) is 1.74. The molecule has 0 bridgehead atoms. The van der Waals surface area contributed by atoms with E-state index in [-0.39, 0.29) is 16.3 Å². The molecule has 2 N–H and O–H groups in total. The van der Waals surface area contributed by atoms with Gasteiger partial charge in [0.15, 0.2) is 6.04 Å². The van der Waals surface area contributed by atoms with Crippen molar-refractivity contribution in [1.82, 2.24) is 0 Å². The van der Waals surface area contributed by atoms with Gasteiger partial charge in [-0.2, -0.15) is 0 Å². The van der Waals surface area contributed by atoms with Gasteiger partial charge in [0, 0.05) is 15.6 Å². The first-order valence-electron chi connectivity index (χ1n) is 5.68. The number of anilines is 1. The lowest BCUT2D eigenvalue weighted by Gasteiger charge is -2.18. The Labute approximate surface area is 124 Å². The van der Waals surface area contributed by atoms with Crippen molar-refractivity contribution in [3.8, 4) is 0 Å². The molecule has 0 amide bonds.